The molecule has 2 rings (SSSR count). The molecule has 2 heterocycles. The molecule has 2 aromatic rings. The van der Waals surface area contributed by atoms with Gasteiger partial charge in [0.2, 0.25) is 5.88 Å². The quantitative estimate of drug-likeness (QED) is 0.840. The second-order valence-electron chi connectivity index (χ2n) is 3.72. The summed E-state index contributed by atoms with van der Waals surface area (Å²) < 4.78 is 6.90. The van der Waals surface area contributed by atoms with E-state index in [1.807, 2.05) is 16.9 Å². The van der Waals surface area contributed by atoms with E-state index < -0.39 is 0 Å². The molecule has 6 heteroatoms. The van der Waals surface area contributed by atoms with Crippen molar-refractivity contribution in [2.75, 3.05) is 12.4 Å². The maximum absolute atomic E-state index is 5.03. The van der Waals surface area contributed by atoms with Gasteiger partial charge in [-0.15, -0.1) is 0 Å². The lowest BCUT2D eigenvalue weighted by molar-refractivity contribution is 0.397. The monoisotopic (exact) mass is 233 g/mol. The average Bonchev–Trinajstić information content (AvgIpc) is 2.82. The fourth-order valence-corrected chi connectivity index (χ4v) is 1.52. The van der Waals surface area contributed by atoms with Crippen LogP contribution in [0.25, 0.3) is 0 Å². The van der Waals surface area contributed by atoms with E-state index in [4.69, 9.17) is 4.74 Å². The van der Waals surface area contributed by atoms with Gasteiger partial charge in [0.05, 0.1) is 13.7 Å². The van der Waals surface area contributed by atoms with E-state index in [1.165, 1.54) is 6.33 Å². The molecule has 0 saturated carbocycles. The first-order chi connectivity index (χ1) is 8.28. The Bertz CT molecular complexity index is 457. The van der Waals surface area contributed by atoms with Crippen molar-refractivity contribution in [3.8, 4) is 5.88 Å². The van der Waals surface area contributed by atoms with Gasteiger partial charge in [0.1, 0.15) is 12.1 Å². The molecule has 0 radical (unpaired) electrons. The van der Waals surface area contributed by atoms with Crippen LogP contribution < -0.4 is 10.1 Å². The molecule has 1 atom stereocenters. The van der Waals surface area contributed by atoms with Crippen molar-refractivity contribution in [3.63, 3.8) is 0 Å². The molecule has 0 aliphatic rings. The Morgan fingerprint density at radius 1 is 1.47 bits per heavy atom. The maximum atomic E-state index is 5.03. The molecular formula is C11H15N5O. The molecule has 0 fully saturated rings. The van der Waals surface area contributed by atoms with Gasteiger partial charge in [-0.3, -0.25) is 4.68 Å². The molecule has 1 N–H and O–H groups in total. The molecule has 90 valence electrons. The van der Waals surface area contributed by atoms with Gasteiger partial charge in [-0.25, -0.2) is 9.97 Å². The standard InChI is InChI=1S/C11H15N5O/c1-9(7-16-5-3-4-14-16)15-10-6-11(17-2)13-8-12-10/h3-6,8-9H,7H2,1-2H3,(H,12,13,15). The van der Waals surface area contributed by atoms with Gasteiger partial charge in [-0.1, -0.05) is 0 Å². The lowest BCUT2D eigenvalue weighted by atomic mass is 10.3. The lowest BCUT2D eigenvalue weighted by Crippen LogP contribution is -2.22. The summed E-state index contributed by atoms with van der Waals surface area (Å²) in [5.74, 6) is 1.30. The van der Waals surface area contributed by atoms with Crippen LogP contribution in [-0.4, -0.2) is 32.9 Å². The van der Waals surface area contributed by atoms with Crippen molar-refractivity contribution in [2.45, 2.75) is 19.5 Å². The van der Waals surface area contributed by atoms with Gasteiger partial charge in [0, 0.05) is 24.5 Å². The van der Waals surface area contributed by atoms with E-state index in [9.17, 15) is 0 Å². The summed E-state index contributed by atoms with van der Waals surface area (Å²) in [5, 5.41) is 7.41. The van der Waals surface area contributed by atoms with Crippen LogP contribution in [0, 0.1) is 0 Å². The number of rotatable bonds is 5. The van der Waals surface area contributed by atoms with Crippen molar-refractivity contribution in [1.29, 1.82) is 0 Å². The van der Waals surface area contributed by atoms with Crippen LogP contribution in [0.4, 0.5) is 5.82 Å². The van der Waals surface area contributed by atoms with E-state index >= 15 is 0 Å². The number of ether oxygens (including phenoxy) is 1. The number of aromatic nitrogens is 4. The van der Waals surface area contributed by atoms with Gasteiger partial charge >= 0.3 is 0 Å². The highest BCUT2D eigenvalue weighted by atomic mass is 16.5. The first-order valence-electron chi connectivity index (χ1n) is 5.38. The topological polar surface area (TPSA) is 64.9 Å². The molecule has 0 bridgehead atoms. The molecule has 0 amide bonds. The minimum absolute atomic E-state index is 0.217. The Morgan fingerprint density at radius 3 is 3.06 bits per heavy atom. The molecule has 0 aromatic carbocycles. The Hall–Kier alpha value is -2.11. The van der Waals surface area contributed by atoms with Crippen molar-refractivity contribution in [2.24, 2.45) is 0 Å². The van der Waals surface area contributed by atoms with Crippen molar-refractivity contribution in [1.82, 2.24) is 19.7 Å². The van der Waals surface area contributed by atoms with E-state index in [-0.39, 0.29) is 6.04 Å². The third kappa shape index (κ3) is 3.17. The first kappa shape index (κ1) is 11.4. The summed E-state index contributed by atoms with van der Waals surface area (Å²) >= 11 is 0. The molecule has 6 nitrogen and oxygen atoms in total. The number of anilines is 1. The molecule has 0 aliphatic heterocycles. The Kier molecular flexibility index (Phi) is 3.54. The zero-order valence-corrected chi connectivity index (χ0v) is 9.87. The van der Waals surface area contributed by atoms with Crippen LogP contribution in [0.1, 0.15) is 6.92 Å². The van der Waals surface area contributed by atoms with Gasteiger partial charge in [-0.2, -0.15) is 5.10 Å². The summed E-state index contributed by atoms with van der Waals surface area (Å²) in [6, 6.07) is 3.88. The van der Waals surface area contributed by atoms with E-state index in [0.29, 0.717) is 5.88 Å². The Labute approximate surface area is 99.7 Å². The minimum atomic E-state index is 0.217. The van der Waals surface area contributed by atoms with Crippen molar-refractivity contribution < 1.29 is 4.74 Å². The minimum Gasteiger partial charge on any atom is -0.481 e. The van der Waals surface area contributed by atoms with E-state index in [2.05, 4.69) is 27.3 Å². The number of hydrogen-bond acceptors (Lipinski definition) is 5. The van der Waals surface area contributed by atoms with E-state index in [1.54, 1.807) is 19.4 Å². The molecule has 0 spiro atoms. The Balaban J connectivity index is 1.95. The van der Waals surface area contributed by atoms with Crippen LogP contribution in [0.5, 0.6) is 5.88 Å². The highest BCUT2D eigenvalue weighted by molar-refractivity contribution is 5.37. The predicted molar refractivity (Wildman–Crippen MR) is 63.9 cm³/mol. The second kappa shape index (κ2) is 5.29. The highest BCUT2D eigenvalue weighted by Crippen LogP contribution is 2.11. The summed E-state index contributed by atoms with van der Waals surface area (Å²) in [6.07, 6.45) is 5.17. The largest absolute Gasteiger partial charge is 0.481 e. The molecule has 1 unspecified atom stereocenters. The summed E-state index contributed by atoms with van der Waals surface area (Å²) in [6.45, 7) is 2.84. The number of hydrogen-bond donors (Lipinski definition) is 1. The van der Waals surface area contributed by atoms with Crippen LogP contribution in [0.2, 0.25) is 0 Å². The fraction of sp³-hybridized carbons (Fsp3) is 0.364. The summed E-state index contributed by atoms with van der Waals surface area (Å²) in [5.41, 5.74) is 0. The van der Waals surface area contributed by atoms with Crippen LogP contribution >= 0.6 is 0 Å². The third-order valence-electron chi connectivity index (χ3n) is 2.27. The van der Waals surface area contributed by atoms with Gasteiger partial charge in [-0.05, 0) is 13.0 Å². The number of methoxy groups -OCH3 is 1. The SMILES string of the molecule is COc1cc(NC(C)Cn2cccn2)ncn1. The number of nitrogens with one attached hydrogen (secondary N) is 1. The molecule has 2 aromatic heterocycles. The average molecular weight is 233 g/mol. The summed E-state index contributed by atoms with van der Waals surface area (Å²) in [4.78, 5) is 8.07. The van der Waals surface area contributed by atoms with Crippen LogP contribution in [0.3, 0.4) is 0 Å². The number of nitrogens with zero attached hydrogens (tertiary/aromatic N) is 4. The maximum Gasteiger partial charge on any atom is 0.218 e. The van der Waals surface area contributed by atoms with Crippen molar-refractivity contribution in [3.05, 3.63) is 30.9 Å². The molecular weight excluding hydrogens is 218 g/mol. The summed E-state index contributed by atoms with van der Waals surface area (Å²) in [7, 11) is 1.58. The predicted octanol–water partition coefficient (Wildman–Crippen LogP) is 1.18. The second-order valence-corrected chi connectivity index (χ2v) is 3.72. The first-order valence-corrected chi connectivity index (χ1v) is 5.38. The van der Waals surface area contributed by atoms with Gasteiger partial charge < -0.3 is 10.1 Å². The van der Waals surface area contributed by atoms with Crippen LogP contribution in [-0.2, 0) is 6.54 Å². The highest BCUT2D eigenvalue weighted by Gasteiger charge is 2.05. The van der Waals surface area contributed by atoms with Crippen molar-refractivity contribution >= 4 is 5.82 Å². The Morgan fingerprint density at radius 2 is 2.35 bits per heavy atom. The molecule has 17 heavy (non-hydrogen) atoms. The fourth-order valence-electron chi connectivity index (χ4n) is 1.52. The zero-order valence-electron chi connectivity index (χ0n) is 9.87. The third-order valence-corrected chi connectivity index (χ3v) is 2.27. The van der Waals surface area contributed by atoms with Gasteiger partial charge in [0.25, 0.3) is 0 Å². The van der Waals surface area contributed by atoms with Gasteiger partial charge in [0.15, 0.2) is 0 Å². The normalized spacial score (nSPS) is 12.1. The van der Waals surface area contributed by atoms with E-state index in [0.717, 1.165) is 12.4 Å². The zero-order chi connectivity index (χ0) is 12.1. The van der Waals surface area contributed by atoms with Crippen LogP contribution in [0.15, 0.2) is 30.9 Å². The molecule has 0 aliphatic carbocycles. The lowest BCUT2D eigenvalue weighted by Gasteiger charge is -2.14. The smallest absolute Gasteiger partial charge is 0.218 e. The molecule has 0 saturated heterocycles.